The van der Waals surface area contributed by atoms with Gasteiger partial charge >= 0.3 is 0 Å². The van der Waals surface area contributed by atoms with E-state index in [9.17, 15) is 0 Å². The molecule has 6 rings (SSSR count). The topological polar surface area (TPSA) is 0 Å². The van der Waals surface area contributed by atoms with Gasteiger partial charge in [0, 0.05) is 11.3 Å². The molecule has 0 N–H and O–H groups in total. The Hall–Kier alpha value is -3.12. The molecule has 29 heavy (non-hydrogen) atoms. The van der Waals surface area contributed by atoms with Crippen LogP contribution in [0.25, 0.3) is 22.3 Å². The van der Waals surface area contributed by atoms with Gasteiger partial charge in [-0.25, -0.2) is 0 Å². The van der Waals surface area contributed by atoms with Gasteiger partial charge in [-0.1, -0.05) is 104 Å². The van der Waals surface area contributed by atoms with Crippen molar-refractivity contribution in [2.75, 3.05) is 0 Å². The van der Waals surface area contributed by atoms with Crippen LogP contribution >= 0.6 is 0 Å². The normalized spacial score (nSPS) is 15.5. The van der Waals surface area contributed by atoms with Crippen molar-refractivity contribution in [3.63, 3.8) is 0 Å². The standard InChI is InChI=1S/C29H24/c1-29(27-16-8-6-14-25(27)26-15-7-9-17-28(26)29)19-18-24-22-12-4-2-10-20(22)21-11-3-5-13-23(21)24/h2-17,24H,18-19H2,1H3. The zero-order chi connectivity index (χ0) is 19.4. The highest BCUT2D eigenvalue weighted by molar-refractivity contribution is 5.81. The van der Waals surface area contributed by atoms with Gasteiger partial charge in [0.05, 0.1) is 0 Å². The monoisotopic (exact) mass is 372 g/mol. The van der Waals surface area contributed by atoms with E-state index in [2.05, 4.69) is 104 Å². The molecule has 2 aliphatic carbocycles. The first-order chi connectivity index (χ1) is 14.3. The summed E-state index contributed by atoms with van der Waals surface area (Å²) in [5.41, 5.74) is 11.7. The quantitative estimate of drug-likeness (QED) is 0.348. The Morgan fingerprint density at radius 3 is 1.48 bits per heavy atom. The van der Waals surface area contributed by atoms with E-state index in [-0.39, 0.29) is 5.41 Å². The van der Waals surface area contributed by atoms with Crippen molar-refractivity contribution in [3.8, 4) is 22.3 Å². The molecule has 0 atom stereocenters. The van der Waals surface area contributed by atoms with E-state index in [1.807, 2.05) is 0 Å². The highest BCUT2D eigenvalue weighted by atomic mass is 14.4. The molecule has 0 spiro atoms. The summed E-state index contributed by atoms with van der Waals surface area (Å²) < 4.78 is 0. The van der Waals surface area contributed by atoms with Crippen LogP contribution in [0.2, 0.25) is 0 Å². The fourth-order valence-corrected chi connectivity index (χ4v) is 5.82. The van der Waals surface area contributed by atoms with Crippen LogP contribution < -0.4 is 0 Å². The third-order valence-electron chi connectivity index (χ3n) is 7.23. The van der Waals surface area contributed by atoms with Gasteiger partial charge in [-0.05, 0) is 57.3 Å². The van der Waals surface area contributed by atoms with Crippen LogP contribution in [0.15, 0.2) is 97.1 Å². The first-order valence-electron chi connectivity index (χ1n) is 10.6. The molecule has 4 aromatic rings. The molecule has 0 fully saturated rings. The molecule has 0 aliphatic heterocycles. The molecule has 0 unspecified atom stereocenters. The fourth-order valence-electron chi connectivity index (χ4n) is 5.82. The van der Waals surface area contributed by atoms with E-state index in [0.29, 0.717) is 5.92 Å². The third kappa shape index (κ3) is 2.32. The summed E-state index contributed by atoms with van der Waals surface area (Å²) in [6, 6.07) is 36.0. The van der Waals surface area contributed by atoms with Crippen LogP contribution in [0.3, 0.4) is 0 Å². The van der Waals surface area contributed by atoms with Crippen molar-refractivity contribution >= 4 is 0 Å². The Kier molecular flexibility index (Phi) is 3.59. The lowest BCUT2D eigenvalue weighted by atomic mass is 9.74. The minimum atomic E-state index is 0.0691. The van der Waals surface area contributed by atoms with Gasteiger partial charge < -0.3 is 0 Å². The van der Waals surface area contributed by atoms with Crippen LogP contribution in [0.5, 0.6) is 0 Å². The Morgan fingerprint density at radius 1 is 0.552 bits per heavy atom. The van der Waals surface area contributed by atoms with Gasteiger partial charge in [-0.3, -0.25) is 0 Å². The van der Waals surface area contributed by atoms with Gasteiger partial charge in [0.2, 0.25) is 0 Å². The molecule has 0 heterocycles. The van der Waals surface area contributed by atoms with Crippen LogP contribution in [0, 0.1) is 0 Å². The predicted molar refractivity (Wildman–Crippen MR) is 121 cm³/mol. The van der Waals surface area contributed by atoms with Gasteiger partial charge in [-0.2, -0.15) is 0 Å². The predicted octanol–water partition coefficient (Wildman–Crippen LogP) is 7.57. The molecular formula is C29H24. The third-order valence-corrected chi connectivity index (χ3v) is 7.23. The van der Waals surface area contributed by atoms with Crippen LogP contribution in [-0.4, -0.2) is 0 Å². The average Bonchev–Trinajstić information content (AvgIpc) is 3.24. The maximum atomic E-state index is 2.45. The Bertz CT molecular complexity index is 1140. The average molecular weight is 373 g/mol. The summed E-state index contributed by atoms with van der Waals surface area (Å²) in [7, 11) is 0. The van der Waals surface area contributed by atoms with E-state index < -0.39 is 0 Å². The summed E-state index contributed by atoms with van der Waals surface area (Å²) in [5.74, 6) is 0.485. The highest BCUT2D eigenvalue weighted by Gasteiger charge is 2.40. The van der Waals surface area contributed by atoms with Gasteiger partial charge in [-0.15, -0.1) is 0 Å². The lowest BCUT2D eigenvalue weighted by molar-refractivity contribution is 0.491. The summed E-state index contributed by atoms with van der Waals surface area (Å²) in [5, 5.41) is 0. The zero-order valence-corrected chi connectivity index (χ0v) is 16.7. The van der Waals surface area contributed by atoms with E-state index in [4.69, 9.17) is 0 Å². The summed E-state index contributed by atoms with van der Waals surface area (Å²) in [4.78, 5) is 0. The Balaban J connectivity index is 1.42. The lowest BCUT2D eigenvalue weighted by Gasteiger charge is -2.29. The maximum absolute atomic E-state index is 2.45. The molecule has 0 radical (unpaired) electrons. The number of benzene rings is 4. The smallest absolute Gasteiger partial charge is 0.0187 e. The van der Waals surface area contributed by atoms with Gasteiger partial charge in [0.15, 0.2) is 0 Å². The zero-order valence-electron chi connectivity index (χ0n) is 16.7. The van der Waals surface area contributed by atoms with E-state index in [1.165, 1.54) is 44.5 Å². The second-order valence-electron chi connectivity index (χ2n) is 8.69. The first kappa shape index (κ1) is 16.8. The van der Waals surface area contributed by atoms with E-state index >= 15 is 0 Å². The summed E-state index contributed by atoms with van der Waals surface area (Å²) in [6.07, 6.45) is 2.31. The number of rotatable bonds is 3. The van der Waals surface area contributed by atoms with E-state index in [1.54, 1.807) is 0 Å². The Labute approximate surface area is 172 Å². The maximum Gasteiger partial charge on any atom is 0.0187 e. The number of hydrogen-bond donors (Lipinski definition) is 0. The number of hydrogen-bond acceptors (Lipinski definition) is 0. The van der Waals surface area contributed by atoms with Crippen molar-refractivity contribution in [2.24, 2.45) is 0 Å². The molecule has 0 heteroatoms. The molecule has 0 amide bonds. The molecule has 2 aliphatic rings. The van der Waals surface area contributed by atoms with Crippen LogP contribution in [0.4, 0.5) is 0 Å². The van der Waals surface area contributed by atoms with Gasteiger partial charge in [0.25, 0.3) is 0 Å². The molecule has 0 bridgehead atoms. The van der Waals surface area contributed by atoms with Crippen molar-refractivity contribution < 1.29 is 0 Å². The largest absolute Gasteiger partial charge is 0.0619 e. The van der Waals surface area contributed by atoms with E-state index in [0.717, 1.165) is 12.8 Å². The first-order valence-corrected chi connectivity index (χ1v) is 10.6. The minimum Gasteiger partial charge on any atom is -0.0619 e. The van der Waals surface area contributed by atoms with Gasteiger partial charge in [0.1, 0.15) is 0 Å². The second kappa shape index (κ2) is 6.19. The Morgan fingerprint density at radius 2 is 0.966 bits per heavy atom. The molecule has 0 nitrogen and oxygen atoms in total. The summed E-state index contributed by atoms with van der Waals surface area (Å²) in [6.45, 7) is 2.45. The minimum absolute atomic E-state index is 0.0691. The lowest BCUT2D eigenvalue weighted by Crippen LogP contribution is -2.21. The number of fused-ring (bicyclic) bond motifs is 6. The van der Waals surface area contributed by atoms with Crippen molar-refractivity contribution in [2.45, 2.75) is 31.1 Å². The van der Waals surface area contributed by atoms with Crippen LogP contribution in [0.1, 0.15) is 47.9 Å². The fraction of sp³-hybridized carbons (Fsp3) is 0.172. The SMILES string of the molecule is CC1(CCC2c3ccccc3-c3ccccc32)c2ccccc2-c2ccccc21. The van der Waals surface area contributed by atoms with Crippen LogP contribution in [-0.2, 0) is 5.41 Å². The molecular weight excluding hydrogens is 348 g/mol. The molecule has 0 aromatic heterocycles. The highest BCUT2D eigenvalue weighted by Crippen LogP contribution is 2.53. The molecule has 0 saturated carbocycles. The second-order valence-corrected chi connectivity index (χ2v) is 8.69. The molecule has 140 valence electrons. The van der Waals surface area contributed by atoms with Crippen molar-refractivity contribution in [1.82, 2.24) is 0 Å². The van der Waals surface area contributed by atoms with Crippen molar-refractivity contribution in [1.29, 1.82) is 0 Å². The molecule has 4 aromatic carbocycles. The molecule has 0 saturated heterocycles. The summed E-state index contributed by atoms with van der Waals surface area (Å²) >= 11 is 0. The van der Waals surface area contributed by atoms with Crippen molar-refractivity contribution in [3.05, 3.63) is 119 Å².